The molecule has 1 rings (SSSR count). The number of nitrogens with zero attached hydrogens (tertiary/aromatic N) is 1. The Labute approximate surface area is 103 Å². The first-order valence-electron chi connectivity index (χ1n) is 5.73. The first-order chi connectivity index (χ1) is 7.93. The first-order valence-corrected chi connectivity index (χ1v) is 7.17. The maximum Gasteiger partial charge on any atom is 0.244 e. The van der Waals surface area contributed by atoms with E-state index in [0.29, 0.717) is 12.2 Å². The molecule has 0 aliphatic heterocycles. The van der Waals surface area contributed by atoms with Crippen molar-refractivity contribution in [3.8, 4) is 0 Å². The number of aliphatic hydroxyl groups is 1. The summed E-state index contributed by atoms with van der Waals surface area (Å²) in [6, 6.07) is 1.40. The van der Waals surface area contributed by atoms with Crippen LogP contribution in [0.3, 0.4) is 0 Å². The topological polar surface area (TPSA) is 73.4 Å². The number of H-pyrrole nitrogens is 1. The molecule has 98 valence electrons. The minimum atomic E-state index is -3.46. The smallest absolute Gasteiger partial charge is 0.244 e. The molecule has 0 bridgehead atoms. The average Bonchev–Trinajstić information content (AvgIpc) is 2.74. The third-order valence-electron chi connectivity index (χ3n) is 2.51. The molecule has 1 heterocycles. The Hall–Kier alpha value is -0.850. The maximum absolute atomic E-state index is 12.3. The average molecular weight is 260 g/mol. The summed E-state index contributed by atoms with van der Waals surface area (Å²) in [5.41, 5.74) is 0.503. The zero-order chi connectivity index (χ0) is 13.1. The predicted octanol–water partition coefficient (Wildman–Crippen LogP) is 1.32. The van der Waals surface area contributed by atoms with E-state index in [9.17, 15) is 8.42 Å². The zero-order valence-corrected chi connectivity index (χ0v) is 11.3. The van der Waals surface area contributed by atoms with Crippen LogP contribution in [0.4, 0.5) is 0 Å². The minimum Gasteiger partial charge on any atom is -0.390 e. The fourth-order valence-corrected chi connectivity index (χ4v) is 3.42. The van der Waals surface area contributed by atoms with Crippen molar-refractivity contribution < 1.29 is 13.5 Å². The van der Waals surface area contributed by atoms with Gasteiger partial charge >= 0.3 is 0 Å². The van der Waals surface area contributed by atoms with Crippen LogP contribution < -0.4 is 0 Å². The Bertz CT molecular complexity index is 451. The second-order valence-electron chi connectivity index (χ2n) is 4.23. The van der Waals surface area contributed by atoms with Crippen LogP contribution in [-0.2, 0) is 16.6 Å². The summed E-state index contributed by atoms with van der Waals surface area (Å²) < 4.78 is 26.1. The maximum atomic E-state index is 12.3. The highest BCUT2D eigenvalue weighted by Crippen LogP contribution is 2.19. The largest absolute Gasteiger partial charge is 0.390 e. The summed E-state index contributed by atoms with van der Waals surface area (Å²) in [5, 5.41) is 8.93. The predicted molar refractivity (Wildman–Crippen MR) is 66.0 cm³/mol. The zero-order valence-electron chi connectivity index (χ0n) is 10.5. The number of aromatic nitrogens is 1. The molecular weight excluding hydrogens is 240 g/mol. The summed E-state index contributed by atoms with van der Waals surface area (Å²) in [7, 11) is -3.46. The van der Waals surface area contributed by atoms with Crippen molar-refractivity contribution in [1.29, 1.82) is 0 Å². The van der Waals surface area contributed by atoms with Crippen LogP contribution in [0.5, 0.6) is 0 Å². The van der Waals surface area contributed by atoms with E-state index in [4.69, 9.17) is 5.11 Å². The van der Waals surface area contributed by atoms with Gasteiger partial charge in [-0.1, -0.05) is 6.92 Å². The molecule has 0 fully saturated rings. The molecule has 1 aromatic rings. The van der Waals surface area contributed by atoms with Crippen molar-refractivity contribution in [3.63, 3.8) is 0 Å². The van der Waals surface area contributed by atoms with Crippen molar-refractivity contribution in [2.45, 2.75) is 44.7 Å². The molecule has 0 aromatic carbocycles. The summed E-state index contributed by atoms with van der Waals surface area (Å²) in [5.74, 6) is 0. The Morgan fingerprint density at radius 2 is 2.12 bits per heavy atom. The van der Waals surface area contributed by atoms with E-state index < -0.39 is 10.0 Å². The van der Waals surface area contributed by atoms with Crippen LogP contribution >= 0.6 is 0 Å². The van der Waals surface area contributed by atoms with E-state index in [1.54, 1.807) is 0 Å². The van der Waals surface area contributed by atoms with Crippen molar-refractivity contribution in [2.24, 2.45) is 0 Å². The van der Waals surface area contributed by atoms with E-state index in [1.807, 2.05) is 20.8 Å². The quantitative estimate of drug-likeness (QED) is 0.810. The molecule has 1 aromatic heterocycles. The van der Waals surface area contributed by atoms with Gasteiger partial charge < -0.3 is 10.1 Å². The second kappa shape index (κ2) is 5.66. The second-order valence-corrected chi connectivity index (χ2v) is 6.12. The lowest BCUT2D eigenvalue weighted by molar-refractivity contribution is 0.277. The van der Waals surface area contributed by atoms with Gasteiger partial charge in [0, 0.05) is 24.5 Å². The molecule has 0 unspecified atom stereocenters. The molecule has 0 amide bonds. The number of aliphatic hydroxyl groups excluding tert-OH is 1. The summed E-state index contributed by atoms with van der Waals surface area (Å²) in [4.78, 5) is 2.95. The lowest BCUT2D eigenvalue weighted by Crippen LogP contribution is -2.37. The third-order valence-corrected chi connectivity index (χ3v) is 4.57. The molecule has 0 spiro atoms. The first kappa shape index (κ1) is 14.2. The van der Waals surface area contributed by atoms with Gasteiger partial charge in [0.1, 0.15) is 0 Å². The van der Waals surface area contributed by atoms with Gasteiger partial charge in [-0.05, 0) is 26.3 Å². The molecule has 0 aliphatic carbocycles. The van der Waals surface area contributed by atoms with E-state index in [0.717, 1.165) is 6.42 Å². The van der Waals surface area contributed by atoms with Crippen molar-refractivity contribution in [3.05, 3.63) is 18.0 Å². The highest BCUT2D eigenvalue weighted by molar-refractivity contribution is 7.89. The Balaban J connectivity index is 3.07. The molecule has 0 atom stereocenters. The van der Waals surface area contributed by atoms with Gasteiger partial charge in [-0.3, -0.25) is 0 Å². The monoisotopic (exact) mass is 260 g/mol. The van der Waals surface area contributed by atoms with Crippen molar-refractivity contribution >= 4 is 10.0 Å². The van der Waals surface area contributed by atoms with Gasteiger partial charge in [0.05, 0.1) is 11.5 Å². The molecule has 17 heavy (non-hydrogen) atoms. The van der Waals surface area contributed by atoms with Crippen molar-refractivity contribution in [2.75, 3.05) is 6.54 Å². The van der Waals surface area contributed by atoms with Crippen LogP contribution in [-0.4, -0.2) is 35.4 Å². The Morgan fingerprint density at radius 1 is 1.47 bits per heavy atom. The van der Waals surface area contributed by atoms with Gasteiger partial charge in [0.25, 0.3) is 0 Å². The SMILES string of the molecule is CCCN(C(C)C)S(=O)(=O)c1c[nH]c(CO)c1. The molecule has 0 aliphatic rings. The minimum absolute atomic E-state index is 0.0765. The van der Waals surface area contributed by atoms with Crippen LogP contribution in [0.15, 0.2) is 17.2 Å². The van der Waals surface area contributed by atoms with E-state index >= 15 is 0 Å². The fourth-order valence-electron chi connectivity index (χ4n) is 1.67. The highest BCUT2D eigenvalue weighted by atomic mass is 32.2. The summed E-state index contributed by atoms with van der Waals surface area (Å²) in [6.07, 6.45) is 2.20. The summed E-state index contributed by atoms with van der Waals surface area (Å²) >= 11 is 0. The van der Waals surface area contributed by atoms with Crippen molar-refractivity contribution in [1.82, 2.24) is 9.29 Å². The molecule has 6 heteroatoms. The van der Waals surface area contributed by atoms with Gasteiger partial charge in [-0.2, -0.15) is 4.31 Å². The molecule has 0 radical (unpaired) electrons. The Kier molecular flexibility index (Phi) is 4.73. The van der Waals surface area contributed by atoms with Gasteiger partial charge in [-0.25, -0.2) is 8.42 Å². The van der Waals surface area contributed by atoms with Crippen LogP contribution in [0.2, 0.25) is 0 Å². The number of aromatic amines is 1. The van der Waals surface area contributed by atoms with Crippen LogP contribution in [0, 0.1) is 0 Å². The van der Waals surface area contributed by atoms with Crippen LogP contribution in [0.25, 0.3) is 0 Å². The Morgan fingerprint density at radius 3 is 2.53 bits per heavy atom. The van der Waals surface area contributed by atoms with Crippen LogP contribution in [0.1, 0.15) is 32.9 Å². The molecule has 2 N–H and O–H groups in total. The lowest BCUT2D eigenvalue weighted by Gasteiger charge is -2.24. The van der Waals surface area contributed by atoms with Gasteiger partial charge in [0.15, 0.2) is 0 Å². The molecular formula is C11H20N2O3S. The normalized spacial score (nSPS) is 12.6. The van der Waals surface area contributed by atoms with E-state index in [-0.39, 0.29) is 17.5 Å². The number of nitrogens with one attached hydrogen (secondary N) is 1. The number of rotatable bonds is 6. The molecule has 0 saturated heterocycles. The van der Waals surface area contributed by atoms with E-state index in [1.165, 1.54) is 16.6 Å². The van der Waals surface area contributed by atoms with E-state index in [2.05, 4.69) is 4.98 Å². The van der Waals surface area contributed by atoms with Gasteiger partial charge in [0.2, 0.25) is 10.0 Å². The number of hydrogen-bond acceptors (Lipinski definition) is 3. The highest BCUT2D eigenvalue weighted by Gasteiger charge is 2.26. The standard InChI is InChI=1S/C11H20N2O3S/c1-4-5-13(9(2)3)17(15,16)11-6-10(8-14)12-7-11/h6-7,9,12,14H,4-5,8H2,1-3H3. The summed E-state index contributed by atoms with van der Waals surface area (Å²) in [6.45, 7) is 5.96. The van der Waals surface area contributed by atoms with Gasteiger partial charge in [-0.15, -0.1) is 0 Å². The lowest BCUT2D eigenvalue weighted by atomic mass is 10.4. The molecule has 5 nitrogen and oxygen atoms in total. The fraction of sp³-hybridized carbons (Fsp3) is 0.636. The number of sulfonamides is 1. The molecule has 0 saturated carbocycles. The number of hydrogen-bond donors (Lipinski definition) is 2. The third kappa shape index (κ3) is 3.08.